The fourth-order valence-corrected chi connectivity index (χ4v) is 2.57. The molecule has 1 aromatic heterocycles. The fraction of sp³-hybridized carbons (Fsp3) is 0.0952. The lowest BCUT2D eigenvalue weighted by Crippen LogP contribution is -2.17. The van der Waals surface area contributed by atoms with E-state index in [1.807, 2.05) is 0 Å². The van der Waals surface area contributed by atoms with Crippen LogP contribution >= 0.6 is 0 Å². The largest absolute Gasteiger partial charge is 0.493 e. The van der Waals surface area contributed by atoms with E-state index in [2.05, 4.69) is 10.5 Å². The number of carboxylic acid groups (broad SMARTS) is 1. The van der Waals surface area contributed by atoms with Gasteiger partial charge in [0.05, 0.1) is 18.2 Å². The minimum Gasteiger partial charge on any atom is -0.493 e. The smallest absolute Gasteiger partial charge is 0.371 e. The van der Waals surface area contributed by atoms with Crippen LogP contribution in [0.1, 0.15) is 32.2 Å². The van der Waals surface area contributed by atoms with E-state index in [0.717, 1.165) is 0 Å². The van der Waals surface area contributed by atoms with Crippen LogP contribution in [0.15, 0.2) is 64.1 Å². The number of nitro benzene ring substituents is 1. The molecule has 1 amide bonds. The van der Waals surface area contributed by atoms with Crippen molar-refractivity contribution in [1.82, 2.24) is 5.43 Å². The van der Waals surface area contributed by atoms with Gasteiger partial charge in [0.25, 0.3) is 11.6 Å². The molecule has 0 unspecified atom stereocenters. The maximum absolute atomic E-state index is 12.1. The monoisotopic (exact) mass is 439 g/mol. The highest BCUT2D eigenvalue weighted by Crippen LogP contribution is 2.28. The third-order valence-electron chi connectivity index (χ3n) is 4.15. The van der Waals surface area contributed by atoms with Crippen molar-refractivity contribution in [2.24, 2.45) is 5.10 Å². The molecule has 0 bridgehead atoms. The zero-order valence-corrected chi connectivity index (χ0v) is 16.7. The summed E-state index contributed by atoms with van der Waals surface area (Å²) in [6.45, 7) is 0.00235. The lowest BCUT2D eigenvalue weighted by atomic mass is 10.2. The summed E-state index contributed by atoms with van der Waals surface area (Å²) in [6.07, 6.45) is 1.39. The van der Waals surface area contributed by atoms with E-state index in [1.165, 1.54) is 49.7 Å². The summed E-state index contributed by atoms with van der Waals surface area (Å²) in [4.78, 5) is 33.0. The number of nitrogens with one attached hydrogen (secondary N) is 1. The van der Waals surface area contributed by atoms with Crippen molar-refractivity contribution >= 4 is 23.8 Å². The molecule has 0 atom stereocenters. The number of carboxylic acids is 1. The van der Waals surface area contributed by atoms with Crippen molar-refractivity contribution in [2.45, 2.75) is 6.61 Å². The molecule has 32 heavy (non-hydrogen) atoms. The molecule has 0 aliphatic rings. The Bertz CT molecular complexity index is 1170. The van der Waals surface area contributed by atoms with Crippen LogP contribution in [0.25, 0.3) is 0 Å². The Hall–Kier alpha value is -4.67. The maximum Gasteiger partial charge on any atom is 0.371 e. The number of aromatic carboxylic acids is 1. The first kappa shape index (κ1) is 22.0. The first-order valence-corrected chi connectivity index (χ1v) is 9.08. The number of nitro groups is 1. The van der Waals surface area contributed by atoms with Crippen molar-refractivity contribution in [1.29, 1.82) is 0 Å². The number of amides is 1. The lowest BCUT2D eigenvalue weighted by Gasteiger charge is -2.10. The normalized spacial score (nSPS) is 10.7. The Morgan fingerprint density at radius 1 is 1.16 bits per heavy atom. The highest BCUT2D eigenvalue weighted by Gasteiger charge is 2.11. The second-order valence-corrected chi connectivity index (χ2v) is 6.27. The predicted octanol–water partition coefficient (Wildman–Crippen LogP) is 3.24. The molecule has 11 nitrogen and oxygen atoms in total. The molecule has 3 rings (SSSR count). The van der Waals surface area contributed by atoms with Crippen LogP contribution in [0, 0.1) is 10.1 Å². The Kier molecular flexibility index (Phi) is 6.81. The number of non-ortho nitro benzene ring substituents is 1. The molecule has 0 fully saturated rings. The number of carbonyl (C=O) groups excluding carboxylic acids is 1. The molecule has 2 N–H and O–H groups in total. The minimum atomic E-state index is -1.17. The second kappa shape index (κ2) is 9.89. The number of hydrazone groups is 1. The van der Waals surface area contributed by atoms with E-state index in [1.54, 1.807) is 18.2 Å². The van der Waals surface area contributed by atoms with E-state index >= 15 is 0 Å². The molecular weight excluding hydrogens is 422 g/mol. The van der Waals surface area contributed by atoms with E-state index in [4.69, 9.17) is 19.0 Å². The van der Waals surface area contributed by atoms with Crippen LogP contribution in [-0.4, -0.2) is 35.2 Å². The van der Waals surface area contributed by atoms with Gasteiger partial charge in [0.15, 0.2) is 11.5 Å². The molecule has 11 heteroatoms. The molecule has 0 aliphatic carbocycles. The Balaban J connectivity index is 1.60. The van der Waals surface area contributed by atoms with Crippen LogP contribution in [0.2, 0.25) is 0 Å². The molecule has 0 saturated heterocycles. The number of furan rings is 1. The summed E-state index contributed by atoms with van der Waals surface area (Å²) in [5, 5.41) is 23.4. The third kappa shape index (κ3) is 5.48. The van der Waals surface area contributed by atoms with E-state index in [0.29, 0.717) is 22.8 Å². The summed E-state index contributed by atoms with van der Waals surface area (Å²) < 4.78 is 16.0. The molecule has 0 aliphatic heterocycles. The Morgan fingerprint density at radius 2 is 1.91 bits per heavy atom. The highest BCUT2D eigenvalue weighted by molar-refractivity contribution is 5.95. The third-order valence-corrected chi connectivity index (χ3v) is 4.15. The van der Waals surface area contributed by atoms with Crippen LogP contribution in [0.3, 0.4) is 0 Å². The quantitative estimate of drug-likeness (QED) is 0.293. The molecule has 1 heterocycles. The topological polar surface area (TPSA) is 154 Å². The summed E-state index contributed by atoms with van der Waals surface area (Å²) in [5.41, 5.74) is 3.04. The van der Waals surface area contributed by atoms with Crippen molar-refractivity contribution < 1.29 is 33.5 Å². The first-order chi connectivity index (χ1) is 15.4. The SMILES string of the molecule is COc1cc(C=NNC(=O)c2ccc([N+](=O)[O-])cc2)ccc1OCc1ccc(C(=O)O)o1. The standard InChI is InChI=1S/C21H17N3O8/c1-30-19-10-13(2-8-17(19)31-12-16-7-9-18(32-16)21(26)27)11-22-23-20(25)14-3-5-15(6-4-14)24(28)29/h2-11H,12H2,1H3,(H,23,25)(H,26,27). The number of hydrogen-bond donors (Lipinski definition) is 2. The second-order valence-electron chi connectivity index (χ2n) is 6.27. The summed E-state index contributed by atoms with van der Waals surface area (Å²) in [5.74, 6) is -0.754. The minimum absolute atomic E-state index is 0.00235. The van der Waals surface area contributed by atoms with Gasteiger partial charge in [-0.05, 0) is 48.0 Å². The Labute approximate surface area is 181 Å². The predicted molar refractivity (Wildman–Crippen MR) is 111 cm³/mol. The van der Waals surface area contributed by atoms with Gasteiger partial charge in [-0.1, -0.05) is 0 Å². The maximum atomic E-state index is 12.1. The molecular formula is C21H17N3O8. The van der Waals surface area contributed by atoms with Crippen LogP contribution in [-0.2, 0) is 6.61 Å². The first-order valence-electron chi connectivity index (χ1n) is 9.08. The van der Waals surface area contributed by atoms with Crippen LogP contribution < -0.4 is 14.9 Å². The highest BCUT2D eigenvalue weighted by atomic mass is 16.6. The lowest BCUT2D eigenvalue weighted by molar-refractivity contribution is -0.384. The van der Waals surface area contributed by atoms with Crippen molar-refractivity contribution in [3.63, 3.8) is 0 Å². The number of methoxy groups -OCH3 is 1. The zero-order chi connectivity index (χ0) is 23.1. The van der Waals surface area contributed by atoms with E-state index in [9.17, 15) is 19.7 Å². The van der Waals surface area contributed by atoms with Crippen molar-refractivity contribution in [3.05, 3.63) is 87.4 Å². The number of benzene rings is 2. The van der Waals surface area contributed by atoms with Gasteiger partial charge in [-0.2, -0.15) is 5.10 Å². The summed E-state index contributed by atoms with van der Waals surface area (Å²) in [6, 6.07) is 12.9. The van der Waals surface area contributed by atoms with Gasteiger partial charge in [-0.15, -0.1) is 0 Å². The van der Waals surface area contributed by atoms with Gasteiger partial charge in [-0.3, -0.25) is 14.9 Å². The van der Waals surface area contributed by atoms with Gasteiger partial charge < -0.3 is 19.0 Å². The van der Waals surface area contributed by atoms with E-state index < -0.39 is 16.8 Å². The average molecular weight is 439 g/mol. The van der Waals surface area contributed by atoms with Crippen molar-refractivity contribution in [3.8, 4) is 11.5 Å². The fourth-order valence-electron chi connectivity index (χ4n) is 2.57. The molecule has 0 saturated carbocycles. The molecule has 2 aromatic carbocycles. The van der Waals surface area contributed by atoms with Gasteiger partial charge >= 0.3 is 5.97 Å². The van der Waals surface area contributed by atoms with Gasteiger partial charge in [0.2, 0.25) is 5.76 Å². The Morgan fingerprint density at radius 3 is 2.53 bits per heavy atom. The number of hydrogen-bond acceptors (Lipinski definition) is 8. The molecule has 164 valence electrons. The zero-order valence-electron chi connectivity index (χ0n) is 16.7. The van der Waals surface area contributed by atoms with Gasteiger partial charge in [-0.25, -0.2) is 10.2 Å². The van der Waals surface area contributed by atoms with E-state index in [-0.39, 0.29) is 23.6 Å². The number of carbonyl (C=O) groups is 2. The van der Waals surface area contributed by atoms with Crippen LogP contribution in [0.5, 0.6) is 11.5 Å². The van der Waals surface area contributed by atoms with Crippen molar-refractivity contribution in [2.75, 3.05) is 7.11 Å². The summed E-state index contributed by atoms with van der Waals surface area (Å²) >= 11 is 0. The molecule has 0 radical (unpaired) electrons. The van der Waals surface area contributed by atoms with Crippen LogP contribution in [0.4, 0.5) is 5.69 Å². The average Bonchev–Trinajstić information content (AvgIpc) is 3.27. The van der Waals surface area contributed by atoms with Gasteiger partial charge in [0.1, 0.15) is 12.4 Å². The number of rotatable bonds is 9. The number of ether oxygens (including phenoxy) is 2. The molecule has 3 aromatic rings. The number of nitrogens with zero attached hydrogens (tertiary/aromatic N) is 2. The summed E-state index contributed by atoms with van der Waals surface area (Å²) in [7, 11) is 1.45. The molecule has 0 spiro atoms. The van der Waals surface area contributed by atoms with Gasteiger partial charge in [0, 0.05) is 17.7 Å².